The molecule has 14 heavy (non-hydrogen) atoms. The number of alkyl halides is 1. The van der Waals surface area contributed by atoms with Gasteiger partial charge in [0.1, 0.15) is 4.88 Å². The Morgan fingerprint density at radius 3 is 3.14 bits per heavy atom. The van der Waals surface area contributed by atoms with Crippen molar-refractivity contribution in [3.05, 3.63) is 11.1 Å². The fourth-order valence-electron chi connectivity index (χ4n) is 0.973. The maximum Gasteiger partial charge on any atom is 0.264 e. The number of nitrogens with zero attached hydrogens (tertiary/aromatic N) is 2. The minimum Gasteiger partial charge on any atom is -0.350 e. The topological polar surface area (TPSA) is 54.9 Å². The number of amides is 1. The Morgan fingerprint density at radius 2 is 2.57 bits per heavy atom. The van der Waals surface area contributed by atoms with Crippen LogP contribution in [0.1, 0.15) is 29.4 Å². The van der Waals surface area contributed by atoms with Gasteiger partial charge in [-0.25, -0.2) is 0 Å². The van der Waals surface area contributed by atoms with Crippen LogP contribution in [0.25, 0.3) is 0 Å². The largest absolute Gasteiger partial charge is 0.350 e. The monoisotopic (exact) mass is 233 g/mol. The van der Waals surface area contributed by atoms with Gasteiger partial charge in [0.25, 0.3) is 5.91 Å². The van der Waals surface area contributed by atoms with Crippen LogP contribution in [0.15, 0.2) is 6.20 Å². The summed E-state index contributed by atoms with van der Waals surface area (Å²) in [7, 11) is 0. The molecule has 0 saturated carbocycles. The molecule has 1 N–H and O–H groups in total. The fraction of sp³-hybridized carbons (Fsp3) is 0.625. The number of nitrogens with one attached hydrogen (secondary N) is 1. The zero-order valence-electron chi connectivity index (χ0n) is 7.86. The highest BCUT2D eigenvalue weighted by molar-refractivity contribution is 7.07. The van der Waals surface area contributed by atoms with Gasteiger partial charge in [0.05, 0.1) is 11.6 Å². The van der Waals surface area contributed by atoms with Gasteiger partial charge >= 0.3 is 0 Å². The molecule has 0 aliphatic carbocycles. The Morgan fingerprint density at radius 1 is 1.79 bits per heavy atom. The van der Waals surface area contributed by atoms with E-state index in [1.165, 1.54) is 6.20 Å². The Hall–Kier alpha value is -0.680. The number of rotatable bonds is 5. The van der Waals surface area contributed by atoms with E-state index in [1.54, 1.807) is 0 Å². The average Bonchev–Trinajstić information content (AvgIpc) is 2.67. The number of halogens is 1. The van der Waals surface area contributed by atoms with Crippen LogP contribution in [0.3, 0.4) is 0 Å². The predicted molar refractivity (Wildman–Crippen MR) is 56.8 cm³/mol. The molecule has 1 unspecified atom stereocenters. The van der Waals surface area contributed by atoms with Gasteiger partial charge in [-0.1, -0.05) is 17.8 Å². The summed E-state index contributed by atoms with van der Waals surface area (Å²) in [5.74, 6) is -0.151. The lowest BCUT2D eigenvalue weighted by Crippen LogP contribution is -2.29. The van der Waals surface area contributed by atoms with Crippen molar-refractivity contribution < 1.29 is 4.79 Å². The fourth-order valence-corrected chi connectivity index (χ4v) is 1.70. The van der Waals surface area contributed by atoms with Crippen molar-refractivity contribution in [2.24, 2.45) is 0 Å². The number of hydrogen-bond acceptors (Lipinski definition) is 4. The van der Waals surface area contributed by atoms with Crippen molar-refractivity contribution in [3.8, 4) is 0 Å². The van der Waals surface area contributed by atoms with E-state index in [2.05, 4.69) is 21.8 Å². The van der Waals surface area contributed by atoms with Gasteiger partial charge in [-0.15, -0.1) is 16.7 Å². The third kappa shape index (κ3) is 3.59. The second kappa shape index (κ2) is 5.93. The summed E-state index contributed by atoms with van der Waals surface area (Å²) in [6, 6.07) is 0. The first-order chi connectivity index (χ1) is 6.74. The van der Waals surface area contributed by atoms with Crippen molar-refractivity contribution in [1.82, 2.24) is 14.9 Å². The normalized spacial score (nSPS) is 12.4. The molecule has 1 aromatic rings. The van der Waals surface area contributed by atoms with Gasteiger partial charge in [0.2, 0.25) is 0 Å². The van der Waals surface area contributed by atoms with E-state index in [-0.39, 0.29) is 11.3 Å². The molecule has 1 heterocycles. The lowest BCUT2D eigenvalue weighted by atomic mass is 10.2. The van der Waals surface area contributed by atoms with Crippen LogP contribution in [-0.4, -0.2) is 27.4 Å². The minimum absolute atomic E-state index is 0.00447. The summed E-state index contributed by atoms with van der Waals surface area (Å²) in [5, 5.41) is 6.32. The number of carbonyl (C=O) groups excluding carboxylic acids is 1. The molecule has 0 spiro atoms. The van der Waals surface area contributed by atoms with Crippen LogP contribution in [0.5, 0.6) is 0 Å². The van der Waals surface area contributed by atoms with E-state index < -0.39 is 0 Å². The summed E-state index contributed by atoms with van der Waals surface area (Å²) < 4.78 is 3.60. The van der Waals surface area contributed by atoms with Crippen LogP contribution in [0, 0.1) is 0 Å². The predicted octanol–water partition coefficient (Wildman–Crippen LogP) is 1.68. The summed E-state index contributed by atoms with van der Waals surface area (Å²) in [4.78, 5) is 11.9. The van der Waals surface area contributed by atoms with Crippen LogP contribution >= 0.6 is 23.1 Å². The van der Waals surface area contributed by atoms with Gasteiger partial charge < -0.3 is 5.32 Å². The Balaban J connectivity index is 2.28. The van der Waals surface area contributed by atoms with Gasteiger partial charge in [0.15, 0.2) is 0 Å². The highest BCUT2D eigenvalue weighted by atomic mass is 35.5. The molecule has 1 aromatic heterocycles. The SMILES string of the molecule is CCCC(Cl)CNC(=O)c1cnns1. The molecule has 0 aliphatic rings. The average molecular weight is 234 g/mol. The molecule has 0 fully saturated rings. The van der Waals surface area contributed by atoms with Gasteiger partial charge in [-0.05, 0) is 18.0 Å². The molecule has 0 radical (unpaired) electrons. The zero-order valence-corrected chi connectivity index (χ0v) is 9.44. The van der Waals surface area contributed by atoms with E-state index in [0.717, 1.165) is 24.4 Å². The summed E-state index contributed by atoms with van der Waals surface area (Å²) in [5.41, 5.74) is 0. The van der Waals surface area contributed by atoms with Crippen molar-refractivity contribution in [1.29, 1.82) is 0 Å². The lowest BCUT2D eigenvalue weighted by molar-refractivity contribution is 0.0957. The van der Waals surface area contributed by atoms with Gasteiger partial charge in [-0.2, -0.15) is 0 Å². The third-order valence-corrected chi connectivity index (χ3v) is 2.71. The lowest BCUT2D eigenvalue weighted by Gasteiger charge is -2.07. The molecular formula is C8H12ClN3OS. The zero-order chi connectivity index (χ0) is 10.4. The van der Waals surface area contributed by atoms with E-state index in [0.29, 0.717) is 11.4 Å². The summed E-state index contributed by atoms with van der Waals surface area (Å²) >= 11 is 7.02. The number of hydrogen-bond donors (Lipinski definition) is 1. The van der Waals surface area contributed by atoms with Crippen LogP contribution in [0.2, 0.25) is 0 Å². The summed E-state index contributed by atoms with van der Waals surface area (Å²) in [6.45, 7) is 2.55. The van der Waals surface area contributed by atoms with E-state index in [9.17, 15) is 4.79 Å². The summed E-state index contributed by atoms with van der Waals surface area (Å²) in [6.07, 6.45) is 3.37. The van der Waals surface area contributed by atoms with Gasteiger partial charge in [0, 0.05) is 6.54 Å². The first kappa shape index (κ1) is 11.4. The van der Waals surface area contributed by atoms with E-state index >= 15 is 0 Å². The highest BCUT2D eigenvalue weighted by Gasteiger charge is 2.10. The second-order valence-corrected chi connectivity index (χ2v) is 4.28. The van der Waals surface area contributed by atoms with Crippen molar-refractivity contribution >= 4 is 29.0 Å². The van der Waals surface area contributed by atoms with E-state index in [1.807, 2.05) is 0 Å². The van der Waals surface area contributed by atoms with Gasteiger partial charge in [-0.3, -0.25) is 4.79 Å². The highest BCUT2D eigenvalue weighted by Crippen LogP contribution is 2.05. The molecule has 1 rings (SSSR count). The Bertz CT molecular complexity index is 278. The molecule has 6 heteroatoms. The van der Waals surface area contributed by atoms with Crippen molar-refractivity contribution in [3.63, 3.8) is 0 Å². The molecular weight excluding hydrogens is 222 g/mol. The second-order valence-electron chi connectivity index (χ2n) is 2.88. The quantitative estimate of drug-likeness (QED) is 0.788. The van der Waals surface area contributed by atoms with Crippen LogP contribution < -0.4 is 5.32 Å². The molecule has 78 valence electrons. The first-order valence-electron chi connectivity index (χ1n) is 4.43. The smallest absolute Gasteiger partial charge is 0.264 e. The molecule has 0 aromatic carbocycles. The molecule has 0 saturated heterocycles. The minimum atomic E-state index is -0.151. The maximum atomic E-state index is 11.4. The van der Waals surface area contributed by atoms with Crippen LogP contribution in [-0.2, 0) is 0 Å². The standard InChI is InChI=1S/C8H12ClN3OS/c1-2-3-6(9)4-10-8(13)7-5-11-12-14-7/h5-6H,2-4H2,1H3,(H,10,13). The molecule has 0 bridgehead atoms. The molecule has 1 atom stereocenters. The third-order valence-electron chi connectivity index (χ3n) is 1.67. The van der Waals surface area contributed by atoms with Crippen molar-refractivity contribution in [2.75, 3.05) is 6.54 Å². The van der Waals surface area contributed by atoms with Crippen LogP contribution in [0.4, 0.5) is 0 Å². The number of carbonyl (C=O) groups is 1. The molecule has 4 nitrogen and oxygen atoms in total. The molecule has 0 aliphatic heterocycles. The number of aromatic nitrogens is 2. The Labute approximate surface area is 91.8 Å². The van der Waals surface area contributed by atoms with E-state index in [4.69, 9.17) is 11.6 Å². The maximum absolute atomic E-state index is 11.4. The Kier molecular flexibility index (Phi) is 4.82. The van der Waals surface area contributed by atoms with Crippen molar-refractivity contribution in [2.45, 2.75) is 25.1 Å². The molecule has 1 amide bonds. The first-order valence-corrected chi connectivity index (χ1v) is 5.64.